The highest BCUT2D eigenvalue weighted by atomic mass is 35.5. The number of hydrogen-bond acceptors (Lipinski definition) is 3. The van der Waals surface area contributed by atoms with Gasteiger partial charge in [0.1, 0.15) is 5.75 Å². The number of nitrogens with two attached hydrogens (primary N) is 1. The average Bonchev–Trinajstić information content (AvgIpc) is 2.35. The van der Waals surface area contributed by atoms with Crippen LogP contribution in [0, 0.1) is 0 Å². The van der Waals surface area contributed by atoms with E-state index in [2.05, 4.69) is 0 Å². The van der Waals surface area contributed by atoms with E-state index in [0.29, 0.717) is 17.3 Å². The van der Waals surface area contributed by atoms with Gasteiger partial charge in [0.15, 0.2) is 6.61 Å². The number of amides is 1. The molecule has 0 aliphatic heterocycles. The molecule has 0 aliphatic rings. The monoisotopic (exact) mass is 270 g/mol. The van der Waals surface area contributed by atoms with Crippen molar-refractivity contribution in [1.29, 1.82) is 0 Å². The molecular formula is C13H19ClN2O2. The van der Waals surface area contributed by atoms with Gasteiger partial charge < -0.3 is 15.4 Å². The third kappa shape index (κ3) is 3.62. The predicted octanol–water partition coefficient (Wildman–Crippen LogP) is 2.04. The van der Waals surface area contributed by atoms with Crippen LogP contribution in [0.25, 0.3) is 0 Å². The second-order valence-electron chi connectivity index (χ2n) is 4.32. The maximum Gasteiger partial charge on any atom is 0.260 e. The molecule has 4 nitrogen and oxygen atoms in total. The van der Waals surface area contributed by atoms with E-state index in [1.54, 1.807) is 24.1 Å². The number of para-hydroxylation sites is 1. The maximum atomic E-state index is 11.8. The van der Waals surface area contributed by atoms with Gasteiger partial charge in [-0.15, -0.1) is 0 Å². The molecule has 0 heterocycles. The lowest BCUT2D eigenvalue weighted by Gasteiger charge is -2.22. The number of hydrogen-bond donors (Lipinski definition) is 1. The van der Waals surface area contributed by atoms with Gasteiger partial charge in [0.05, 0.1) is 5.02 Å². The first kappa shape index (κ1) is 14.8. The van der Waals surface area contributed by atoms with Crippen molar-refractivity contribution in [2.75, 3.05) is 13.7 Å². The van der Waals surface area contributed by atoms with Crippen molar-refractivity contribution in [3.05, 3.63) is 28.8 Å². The van der Waals surface area contributed by atoms with Crippen LogP contribution in [0.5, 0.6) is 5.75 Å². The number of ether oxygens (including phenoxy) is 1. The first-order chi connectivity index (χ1) is 8.47. The van der Waals surface area contributed by atoms with E-state index < -0.39 is 0 Å². The number of halogens is 1. The summed E-state index contributed by atoms with van der Waals surface area (Å²) in [5.74, 6) is 0.403. The second kappa shape index (κ2) is 6.61. The lowest BCUT2D eigenvalue weighted by atomic mass is 10.2. The second-order valence-corrected chi connectivity index (χ2v) is 4.73. The smallest absolute Gasteiger partial charge is 0.260 e. The van der Waals surface area contributed by atoms with Gasteiger partial charge in [0.2, 0.25) is 0 Å². The summed E-state index contributed by atoms with van der Waals surface area (Å²) in [6.45, 7) is 4.17. The Morgan fingerprint density at radius 2 is 2.17 bits per heavy atom. The Hall–Kier alpha value is -1.26. The van der Waals surface area contributed by atoms with Gasteiger partial charge in [-0.25, -0.2) is 0 Å². The van der Waals surface area contributed by atoms with E-state index in [4.69, 9.17) is 22.1 Å². The largest absolute Gasteiger partial charge is 0.482 e. The highest BCUT2D eigenvalue weighted by Gasteiger charge is 2.14. The van der Waals surface area contributed by atoms with Crippen LogP contribution >= 0.6 is 11.6 Å². The Labute approximate surface area is 113 Å². The first-order valence-electron chi connectivity index (χ1n) is 5.83. The Kier molecular flexibility index (Phi) is 5.44. The van der Waals surface area contributed by atoms with Crippen molar-refractivity contribution in [3.8, 4) is 5.75 Å². The molecule has 0 unspecified atom stereocenters. The Morgan fingerprint density at radius 1 is 1.50 bits per heavy atom. The molecule has 2 N–H and O–H groups in total. The maximum absolute atomic E-state index is 11.8. The lowest BCUT2D eigenvalue weighted by Crippen LogP contribution is -2.36. The normalized spacial score (nSPS) is 10.6. The minimum atomic E-state index is -0.0899. The summed E-state index contributed by atoms with van der Waals surface area (Å²) in [6.07, 6.45) is 0. The fourth-order valence-corrected chi connectivity index (χ4v) is 1.65. The highest BCUT2D eigenvalue weighted by Crippen LogP contribution is 2.28. The third-order valence-corrected chi connectivity index (χ3v) is 3.07. The van der Waals surface area contributed by atoms with Gasteiger partial charge in [-0.1, -0.05) is 23.7 Å². The molecule has 0 saturated heterocycles. The van der Waals surface area contributed by atoms with Crippen LogP contribution in [0.3, 0.4) is 0 Å². The van der Waals surface area contributed by atoms with Crippen LogP contribution in [0.2, 0.25) is 5.02 Å². The van der Waals surface area contributed by atoms with Gasteiger partial charge >= 0.3 is 0 Å². The summed E-state index contributed by atoms with van der Waals surface area (Å²) in [5, 5.41) is 0.470. The predicted molar refractivity (Wildman–Crippen MR) is 72.7 cm³/mol. The number of nitrogens with zero attached hydrogens (tertiary/aromatic N) is 1. The fourth-order valence-electron chi connectivity index (χ4n) is 1.40. The molecule has 18 heavy (non-hydrogen) atoms. The Bertz CT molecular complexity index is 421. The van der Waals surface area contributed by atoms with Gasteiger partial charge in [-0.3, -0.25) is 4.79 Å². The number of carbonyl (C=O) groups excluding carboxylic acids is 1. The average molecular weight is 271 g/mol. The van der Waals surface area contributed by atoms with E-state index in [0.717, 1.165) is 5.56 Å². The third-order valence-electron chi connectivity index (χ3n) is 2.78. The summed E-state index contributed by atoms with van der Waals surface area (Å²) < 4.78 is 5.49. The molecule has 1 rings (SSSR count). The molecule has 0 saturated carbocycles. The first-order valence-corrected chi connectivity index (χ1v) is 6.21. The molecule has 0 spiro atoms. The molecule has 0 aliphatic carbocycles. The van der Waals surface area contributed by atoms with Crippen LogP contribution in [0.15, 0.2) is 18.2 Å². The Balaban J connectivity index is 2.72. The summed E-state index contributed by atoms with van der Waals surface area (Å²) in [6, 6.07) is 5.49. The summed E-state index contributed by atoms with van der Waals surface area (Å²) >= 11 is 6.03. The van der Waals surface area contributed by atoms with E-state index in [-0.39, 0.29) is 18.6 Å². The molecule has 0 aromatic heterocycles. The molecule has 1 amide bonds. The molecule has 0 fully saturated rings. The SMILES string of the molecule is CC(C)N(C)C(=O)COc1c(Cl)cccc1CN. The van der Waals surface area contributed by atoms with Crippen LogP contribution in [0.1, 0.15) is 19.4 Å². The summed E-state index contributed by atoms with van der Waals surface area (Å²) in [7, 11) is 1.74. The molecule has 0 radical (unpaired) electrons. The molecule has 0 atom stereocenters. The summed E-state index contributed by atoms with van der Waals surface area (Å²) in [5.41, 5.74) is 6.39. The standard InChI is InChI=1S/C13H19ClN2O2/c1-9(2)16(3)12(17)8-18-13-10(7-15)5-4-6-11(13)14/h4-6,9H,7-8,15H2,1-3H3. The zero-order chi connectivity index (χ0) is 13.7. The number of rotatable bonds is 5. The van der Waals surface area contributed by atoms with Crippen LogP contribution in [-0.4, -0.2) is 30.5 Å². The molecule has 1 aromatic carbocycles. The van der Waals surface area contributed by atoms with E-state index in [1.165, 1.54) is 0 Å². The summed E-state index contributed by atoms with van der Waals surface area (Å²) in [4.78, 5) is 13.4. The van der Waals surface area contributed by atoms with E-state index in [1.807, 2.05) is 19.9 Å². The van der Waals surface area contributed by atoms with Crippen molar-refractivity contribution in [1.82, 2.24) is 4.90 Å². The molecular weight excluding hydrogens is 252 g/mol. The molecule has 5 heteroatoms. The lowest BCUT2D eigenvalue weighted by molar-refractivity contribution is -0.133. The fraction of sp³-hybridized carbons (Fsp3) is 0.462. The van der Waals surface area contributed by atoms with Crippen LogP contribution < -0.4 is 10.5 Å². The number of likely N-dealkylation sites (N-methyl/N-ethyl adjacent to an activating group) is 1. The Morgan fingerprint density at radius 3 is 2.72 bits per heavy atom. The van der Waals surface area contributed by atoms with Gasteiger partial charge in [-0.05, 0) is 19.9 Å². The van der Waals surface area contributed by atoms with Gasteiger partial charge in [0.25, 0.3) is 5.91 Å². The highest BCUT2D eigenvalue weighted by molar-refractivity contribution is 6.32. The van der Waals surface area contributed by atoms with Crippen LogP contribution in [0.4, 0.5) is 0 Å². The van der Waals surface area contributed by atoms with Gasteiger partial charge in [0, 0.05) is 25.2 Å². The van der Waals surface area contributed by atoms with Crippen molar-refractivity contribution in [3.63, 3.8) is 0 Å². The van der Waals surface area contributed by atoms with Crippen LogP contribution in [-0.2, 0) is 11.3 Å². The van der Waals surface area contributed by atoms with E-state index in [9.17, 15) is 4.79 Å². The van der Waals surface area contributed by atoms with Crippen molar-refractivity contribution < 1.29 is 9.53 Å². The van der Waals surface area contributed by atoms with E-state index >= 15 is 0 Å². The molecule has 100 valence electrons. The van der Waals surface area contributed by atoms with Crippen molar-refractivity contribution in [2.45, 2.75) is 26.4 Å². The number of benzene rings is 1. The minimum absolute atomic E-state index is 0.0363. The zero-order valence-corrected chi connectivity index (χ0v) is 11.7. The van der Waals surface area contributed by atoms with Crippen molar-refractivity contribution in [2.24, 2.45) is 5.73 Å². The van der Waals surface area contributed by atoms with Gasteiger partial charge in [-0.2, -0.15) is 0 Å². The van der Waals surface area contributed by atoms with Crippen molar-refractivity contribution >= 4 is 17.5 Å². The molecule has 0 bridgehead atoms. The minimum Gasteiger partial charge on any atom is -0.482 e. The number of carbonyl (C=O) groups is 1. The zero-order valence-electron chi connectivity index (χ0n) is 10.9. The topological polar surface area (TPSA) is 55.6 Å². The molecule has 1 aromatic rings. The quantitative estimate of drug-likeness (QED) is 0.891.